The normalized spacial score (nSPS) is 20.8. The fourth-order valence-electron chi connectivity index (χ4n) is 7.26. The third kappa shape index (κ3) is 8.58. The highest BCUT2D eigenvalue weighted by Gasteiger charge is 2.53. The van der Waals surface area contributed by atoms with Crippen molar-refractivity contribution in [1.82, 2.24) is 0 Å². The molecular formula is C44H48O6Si. The maximum atomic E-state index is 13.4. The van der Waals surface area contributed by atoms with Crippen molar-refractivity contribution in [3.63, 3.8) is 0 Å². The van der Waals surface area contributed by atoms with E-state index in [2.05, 4.69) is 69.3 Å². The minimum absolute atomic E-state index is 0.243. The van der Waals surface area contributed by atoms with Gasteiger partial charge in [0, 0.05) is 12.5 Å². The largest absolute Gasteiger partial charge is 0.456 e. The number of aliphatic hydroxyl groups is 1. The Morgan fingerprint density at radius 1 is 0.647 bits per heavy atom. The highest BCUT2D eigenvalue weighted by molar-refractivity contribution is 6.99. The van der Waals surface area contributed by atoms with E-state index < -0.39 is 38.7 Å². The summed E-state index contributed by atoms with van der Waals surface area (Å²) in [7, 11) is -2.93. The summed E-state index contributed by atoms with van der Waals surface area (Å²) in [4.78, 5) is 13.4. The fraction of sp³-hybridized carbons (Fsp3) is 0.295. The Morgan fingerprint density at radius 2 is 1.08 bits per heavy atom. The van der Waals surface area contributed by atoms with E-state index in [0.717, 1.165) is 11.1 Å². The quantitative estimate of drug-likeness (QED) is 0.102. The Balaban J connectivity index is 1.38. The molecule has 5 aromatic rings. The molecule has 5 atom stereocenters. The number of aliphatic hydroxyl groups excluding tert-OH is 1. The molecule has 6 nitrogen and oxygen atoms in total. The van der Waals surface area contributed by atoms with E-state index in [-0.39, 0.29) is 17.6 Å². The van der Waals surface area contributed by atoms with E-state index in [4.69, 9.17) is 18.6 Å². The second-order valence-corrected chi connectivity index (χ2v) is 18.6. The van der Waals surface area contributed by atoms with Crippen LogP contribution < -0.4 is 10.4 Å². The van der Waals surface area contributed by atoms with Crippen molar-refractivity contribution in [3.8, 4) is 0 Å². The van der Waals surface area contributed by atoms with E-state index in [1.54, 1.807) is 24.3 Å². The van der Waals surface area contributed by atoms with Crippen LogP contribution in [-0.4, -0.2) is 50.4 Å². The molecule has 51 heavy (non-hydrogen) atoms. The van der Waals surface area contributed by atoms with Crippen LogP contribution in [0.25, 0.3) is 0 Å². The van der Waals surface area contributed by atoms with Crippen molar-refractivity contribution in [2.75, 3.05) is 6.61 Å². The summed E-state index contributed by atoms with van der Waals surface area (Å²) in [5.74, 6) is -0.773. The zero-order valence-corrected chi connectivity index (χ0v) is 30.6. The monoisotopic (exact) mass is 700 g/mol. The molecule has 0 radical (unpaired) electrons. The van der Waals surface area contributed by atoms with E-state index in [0.29, 0.717) is 25.2 Å². The second-order valence-electron chi connectivity index (χ2n) is 14.3. The Bertz CT molecular complexity index is 1740. The molecule has 5 aromatic carbocycles. The Kier molecular flexibility index (Phi) is 12.0. The predicted molar refractivity (Wildman–Crippen MR) is 203 cm³/mol. The van der Waals surface area contributed by atoms with Gasteiger partial charge in [-0.2, -0.15) is 0 Å². The molecular weight excluding hydrogens is 653 g/mol. The molecule has 0 amide bonds. The van der Waals surface area contributed by atoms with Crippen LogP contribution in [0.1, 0.15) is 48.7 Å². The lowest BCUT2D eigenvalue weighted by molar-refractivity contribution is -0.205. The average molecular weight is 701 g/mol. The van der Waals surface area contributed by atoms with Crippen molar-refractivity contribution < 1.29 is 28.5 Å². The van der Waals surface area contributed by atoms with Gasteiger partial charge in [0.05, 0.1) is 24.9 Å². The van der Waals surface area contributed by atoms with Gasteiger partial charge in [0.25, 0.3) is 8.32 Å². The van der Waals surface area contributed by atoms with Gasteiger partial charge in [0.1, 0.15) is 18.3 Å². The second kappa shape index (κ2) is 16.8. The first kappa shape index (κ1) is 36.4. The molecule has 0 spiro atoms. The van der Waals surface area contributed by atoms with Crippen LogP contribution in [0, 0.1) is 5.92 Å². The molecule has 7 heteroatoms. The van der Waals surface area contributed by atoms with E-state index in [1.165, 1.54) is 10.4 Å². The first-order chi connectivity index (χ1) is 24.8. The number of esters is 1. The molecule has 1 N–H and O–H groups in total. The highest BCUT2D eigenvalue weighted by atomic mass is 28.4. The lowest BCUT2D eigenvalue weighted by Gasteiger charge is -2.47. The number of ether oxygens (including phenoxy) is 3. The van der Waals surface area contributed by atoms with Crippen molar-refractivity contribution in [3.05, 3.63) is 168 Å². The van der Waals surface area contributed by atoms with E-state index >= 15 is 0 Å². The van der Waals surface area contributed by atoms with E-state index in [1.807, 2.05) is 78.9 Å². The lowest BCUT2D eigenvalue weighted by Crippen LogP contribution is -2.67. The molecule has 0 saturated heterocycles. The first-order valence-electron chi connectivity index (χ1n) is 17.8. The van der Waals surface area contributed by atoms with Crippen LogP contribution in [0.3, 0.4) is 0 Å². The van der Waals surface area contributed by atoms with Gasteiger partial charge in [-0.3, -0.25) is 0 Å². The lowest BCUT2D eigenvalue weighted by atomic mass is 9.80. The van der Waals surface area contributed by atoms with Crippen molar-refractivity contribution in [2.24, 2.45) is 5.92 Å². The summed E-state index contributed by atoms with van der Waals surface area (Å²) in [5, 5.41) is 14.1. The number of hydrogen-bond donors (Lipinski definition) is 1. The number of carbonyl (C=O) groups is 1. The van der Waals surface area contributed by atoms with Crippen LogP contribution in [0.5, 0.6) is 0 Å². The zero-order valence-electron chi connectivity index (χ0n) is 29.6. The molecule has 6 rings (SSSR count). The summed E-state index contributed by atoms with van der Waals surface area (Å²) in [5.41, 5.74) is 2.40. The van der Waals surface area contributed by atoms with Crippen LogP contribution in [0.4, 0.5) is 0 Å². The smallest absolute Gasteiger partial charge is 0.338 e. The topological polar surface area (TPSA) is 74.2 Å². The van der Waals surface area contributed by atoms with Crippen LogP contribution in [0.2, 0.25) is 5.04 Å². The SMILES string of the molecule is CC(C)(C)[Si](OC[C@H]1C[C@@H](OC(=O)c2ccccc2)[C@H](O)[C@H](OCc2ccccc2)[C@H]1OCc1ccccc1)(c1ccccc1)c1ccccc1. The maximum Gasteiger partial charge on any atom is 0.338 e. The Labute approximate surface area is 303 Å². The highest BCUT2D eigenvalue weighted by Crippen LogP contribution is 2.39. The van der Waals surface area contributed by atoms with Gasteiger partial charge in [-0.15, -0.1) is 0 Å². The van der Waals surface area contributed by atoms with E-state index in [9.17, 15) is 9.90 Å². The van der Waals surface area contributed by atoms with Gasteiger partial charge < -0.3 is 23.7 Å². The molecule has 0 unspecified atom stereocenters. The maximum absolute atomic E-state index is 13.4. The Morgan fingerprint density at radius 3 is 1.55 bits per heavy atom. The molecule has 1 aliphatic rings. The number of benzene rings is 5. The molecule has 1 saturated carbocycles. The molecule has 0 aromatic heterocycles. The van der Waals surface area contributed by atoms with Crippen LogP contribution in [0.15, 0.2) is 152 Å². The van der Waals surface area contributed by atoms with Gasteiger partial charge in [-0.25, -0.2) is 4.79 Å². The minimum atomic E-state index is -2.93. The van der Waals surface area contributed by atoms with Gasteiger partial charge in [-0.1, -0.05) is 160 Å². The van der Waals surface area contributed by atoms with Crippen molar-refractivity contribution in [1.29, 1.82) is 0 Å². The van der Waals surface area contributed by atoms with Crippen molar-refractivity contribution >= 4 is 24.7 Å². The van der Waals surface area contributed by atoms with Gasteiger partial charge in [0.15, 0.2) is 0 Å². The summed E-state index contributed by atoms with van der Waals surface area (Å²) < 4.78 is 26.9. The fourth-order valence-corrected chi connectivity index (χ4v) is 11.9. The number of carbonyl (C=O) groups excluding carboxylic acids is 1. The number of hydrogen-bond acceptors (Lipinski definition) is 6. The molecule has 1 fully saturated rings. The first-order valence-corrected chi connectivity index (χ1v) is 19.7. The van der Waals surface area contributed by atoms with Gasteiger partial charge in [0.2, 0.25) is 0 Å². The third-order valence-corrected chi connectivity index (χ3v) is 14.8. The van der Waals surface area contributed by atoms with Crippen LogP contribution in [-0.2, 0) is 31.9 Å². The Hall–Kier alpha value is -4.37. The molecule has 0 heterocycles. The number of rotatable bonds is 13. The summed E-state index contributed by atoms with van der Waals surface area (Å²) >= 11 is 0. The summed E-state index contributed by atoms with van der Waals surface area (Å²) in [6, 6.07) is 49.8. The predicted octanol–water partition coefficient (Wildman–Crippen LogP) is 7.34. The zero-order chi connectivity index (χ0) is 35.7. The van der Waals surface area contributed by atoms with Gasteiger partial charge in [-0.05, 0) is 45.1 Å². The standard InChI is InChI=1S/C44H48O6Si/c1-44(2,3)51(37-25-15-7-16-26-37,38-27-17-8-18-28-38)49-32-36-29-39(50-43(46)35-23-13-6-14-24-35)40(45)42(48-31-34-21-11-5-12-22-34)41(36)47-30-33-19-9-4-10-20-33/h4-28,36,39-42,45H,29-32H2,1-3H3/t36-,39-,40+,41+,42+/m1/s1. The third-order valence-electron chi connectivity index (χ3n) is 9.81. The molecule has 0 aliphatic heterocycles. The van der Waals surface area contributed by atoms with Crippen molar-refractivity contribution in [2.45, 2.75) is 69.9 Å². The molecule has 264 valence electrons. The average Bonchev–Trinajstić information content (AvgIpc) is 3.16. The van der Waals surface area contributed by atoms with Gasteiger partial charge >= 0.3 is 5.97 Å². The molecule has 0 bridgehead atoms. The molecule has 1 aliphatic carbocycles. The van der Waals surface area contributed by atoms with Crippen LogP contribution >= 0.6 is 0 Å². The summed E-state index contributed by atoms with van der Waals surface area (Å²) in [6.45, 7) is 7.66. The minimum Gasteiger partial charge on any atom is -0.456 e. The summed E-state index contributed by atoms with van der Waals surface area (Å²) in [6.07, 6.45) is -3.00.